The maximum atomic E-state index is 12.6. The van der Waals surface area contributed by atoms with Gasteiger partial charge in [-0.3, -0.25) is 4.52 Å². The summed E-state index contributed by atoms with van der Waals surface area (Å²) >= 11 is 0.705. The minimum Gasteiger partial charge on any atom is -0.388 e. The SMILES string of the molecule is [B][C@@H]1O[C@H](COC(C)C)C(OP(=O)(O)SC[C@H]2O[C@@H]([B])CC2OC(C)C)[C@@H]1O. The second-order valence-electron chi connectivity index (χ2n) is 7.52. The lowest BCUT2D eigenvalue weighted by Crippen LogP contribution is -2.37. The van der Waals surface area contributed by atoms with Gasteiger partial charge >= 0.3 is 6.80 Å². The highest BCUT2D eigenvalue weighted by Gasteiger charge is 2.46. The van der Waals surface area contributed by atoms with E-state index in [1.54, 1.807) is 0 Å². The molecule has 2 fully saturated rings. The molecule has 3 unspecified atom stereocenters. The Kier molecular flexibility index (Phi) is 9.39. The summed E-state index contributed by atoms with van der Waals surface area (Å²) in [6, 6.07) is -1.50. The second kappa shape index (κ2) is 10.6. The number of aliphatic hydroxyl groups is 1. The Labute approximate surface area is 173 Å². The summed E-state index contributed by atoms with van der Waals surface area (Å²) in [6.45, 7) is 3.44. The average molecular weight is 434 g/mol. The van der Waals surface area contributed by atoms with E-state index >= 15 is 0 Å². The van der Waals surface area contributed by atoms with Crippen LogP contribution in [0, 0.1) is 0 Å². The molecule has 0 amide bonds. The summed E-state index contributed by atoms with van der Waals surface area (Å²) in [4.78, 5) is 10.3. The van der Waals surface area contributed by atoms with Crippen molar-refractivity contribution in [2.24, 2.45) is 0 Å². The van der Waals surface area contributed by atoms with E-state index in [1.807, 2.05) is 27.7 Å². The van der Waals surface area contributed by atoms with Gasteiger partial charge in [-0.2, -0.15) is 0 Å². The minimum absolute atomic E-state index is 0.0161. The smallest absolute Gasteiger partial charge is 0.387 e. The third-order valence-electron chi connectivity index (χ3n) is 4.30. The van der Waals surface area contributed by atoms with Crippen molar-refractivity contribution in [1.82, 2.24) is 0 Å². The van der Waals surface area contributed by atoms with Gasteiger partial charge in [0.1, 0.15) is 34.0 Å². The number of hydrogen-bond acceptors (Lipinski definition) is 8. The Bertz CT molecular complexity index is 543. The molecule has 2 heterocycles. The van der Waals surface area contributed by atoms with Crippen molar-refractivity contribution in [2.45, 2.75) is 88.9 Å². The Morgan fingerprint density at radius 2 is 1.86 bits per heavy atom. The molecule has 0 aromatic carbocycles. The Balaban J connectivity index is 1.93. The molecule has 8 nitrogen and oxygen atoms in total. The molecule has 2 aliphatic heterocycles. The topological polar surface area (TPSA) is 104 Å². The summed E-state index contributed by atoms with van der Waals surface area (Å²) < 4.78 is 40.2. The van der Waals surface area contributed by atoms with Gasteiger partial charge in [0, 0.05) is 17.8 Å². The van der Waals surface area contributed by atoms with Gasteiger partial charge in [-0.05, 0) is 45.5 Å². The molecule has 158 valence electrons. The fraction of sp³-hybridized carbons (Fsp3) is 1.00. The fourth-order valence-corrected chi connectivity index (χ4v) is 5.80. The number of rotatable bonds is 10. The lowest BCUT2D eigenvalue weighted by molar-refractivity contribution is -0.0433. The first-order valence-electron chi connectivity index (χ1n) is 9.41. The van der Waals surface area contributed by atoms with E-state index < -0.39 is 43.2 Å². The fourth-order valence-electron chi connectivity index (χ4n) is 3.06. The third-order valence-corrected chi connectivity index (χ3v) is 7.30. The van der Waals surface area contributed by atoms with Crippen molar-refractivity contribution in [2.75, 3.05) is 12.4 Å². The van der Waals surface area contributed by atoms with Crippen LogP contribution < -0.4 is 0 Å². The van der Waals surface area contributed by atoms with Crippen LogP contribution in [0.4, 0.5) is 0 Å². The average Bonchev–Trinajstić information content (AvgIpc) is 3.04. The van der Waals surface area contributed by atoms with Gasteiger partial charge in [0.25, 0.3) is 0 Å². The van der Waals surface area contributed by atoms with E-state index in [4.69, 9.17) is 39.2 Å². The van der Waals surface area contributed by atoms with Gasteiger partial charge in [0.2, 0.25) is 0 Å². The van der Waals surface area contributed by atoms with Crippen LogP contribution in [-0.4, -0.2) is 92.8 Å². The van der Waals surface area contributed by atoms with Crippen LogP contribution in [0.2, 0.25) is 0 Å². The van der Waals surface area contributed by atoms with Gasteiger partial charge in [-0.1, -0.05) is 0 Å². The molecule has 0 aromatic rings. The van der Waals surface area contributed by atoms with E-state index in [0.29, 0.717) is 17.8 Å². The summed E-state index contributed by atoms with van der Waals surface area (Å²) in [6.07, 6.45) is -3.34. The molecular formula is C16H29B2O8PS. The second-order valence-corrected chi connectivity index (χ2v) is 11.4. The number of hydrogen-bond donors (Lipinski definition) is 2. The van der Waals surface area contributed by atoms with Crippen LogP contribution in [0.5, 0.6) is 0 Å². The Morgan fingerprint density at radius 1 is 1.18 bits per heavy atom. The van der Waals surface area contributed by atoms with Crippen molar-refractivity contribution >= 4 is 33.9 Å². The summed E-state index contributed by atoms with van der Waals surface area (Å²) in [5.74, 6) is 0.155. The first-order chi connectivity index (χ1) is 13.0. The number of ether oxygens (including phenoxy) is 4. The van der Waals surface area contributed by atoms with Gasteiger partial charge in [0.15, 0.2) is 0 Å². The predicted octanol–water partition coefficient (Wildman–Crippen LogP) is 0.962. The van der Waals surface area contributed by atoms with Crippen LogP contribution >= 0.6 is 18.2 Å². The maximum absolute atomic E-state index is 12.6. The normalized spacial score (nSPS) is 38.4. The zero-order valence-electron chi connectivity index (χ0n) is 16.7. The summed E-state index contributed by atoms with van der Waals surface area (Å²) in [5.41, 5.74) is 0. The van der Waals surface area contributed by atoms with Crippen molar-refractivity contribution in [3.8, 4) is 0 Å². The molecule has 0 bridgehead atoms. The van der Waals surface area contributed by atoms with Crippen LogP contribution in [0.1, 0.15) is 34.1 Å². The molecule has 28 heavy (non-hydrogen) atoms. The highest BCUT2D eigenvalue weighted by Crippen LogP contribution is 2.58. The lowest BCUT2D eigenvalue weighted by Gasteiger charge is -2.25. The third kappa shape index (κ3) is 7.29. The van der Waals surface area contributed by atoms with Crippen LogP contribution in [-0.2, 0) is 28.0 Å². The molecule has 2 saturated heterocycles. The Morgan fingerprint density at radius 3 is 2.46 bits per heavy atom. The van der Waals surface area contributed by atoms with E-state index in [1.165, 1.54) is 0 Å². The molecule has 12 heteroatoms. The first-order valence-corrected chi connectivity index (χ1v) is 12.6. The van der Waals surface area contributed by atoms with Crippen molar-refractivity contribution in [1.29, 1.82) is 0 Å². The molecule has 8 atom stereocenters. The number of aliphatic hydroxyl groups excluding tert-OH is 1. The van der Waals surface area contributed by atoms with E-state index in [0.717, 1.165) is 0 Å². The molecule has 0 spiro atoms. The van der Waals surface area contributed by atoms with Crippen molar-refractivity contribution < 1.29 is 38.0 Å². The summed E-state index contributed by atoms with van der Waals surface area (Å²) in [7, 11) is 11.5. The molecule has 2 rings (SSSR count). The van der Waals surface area contributed by atoms with Gasteiger partial charge < -0.3 is 28.9 Å². The van der Waals surface area contributed by atoms with Gasteiger partial charge in [0.05, 0.1) is 31.0 Å². The van der Waals surface area contributed by atoms with Crippen LogP contribution in [0.15, 0.2) is 0 Å². The van der Waals surface area contributed by atoms with Crippen LogP contribution in [0.3, 0.4) is 0 Å². The minimum atomic E-state index is -4.13. The molecule has 2 aliphatic rings. The van der Waals surface area contributed by atoms with E-state index in [9.17, 15) is 14.6 Å². The largest absolute Gasteiger partial charge is 0.388 e. The molecule has 0 aromatic heterocycles. The zero-order chi connectivity index (χ0) is 21.1. The maximum Gasteiger partial charge on any atom is 0.387 e. The van der Waals surface area contributed by atoms with Crippen molar-refractivity contribution in [3.63, 3.8) is 0 Å². The Hall–Kier alpha value is 0.430. The summed E-state index contributed by atoms with van der Waals surface area (Å²) in [5, 5.41) is 10.2. The molecule has 0 aliphatic carbocycles. The predicted molar refractivity (Wildman–Crippen MR) is 108 cm³/mol. The van der Waals surface area contributed by atoms with Crippen LogP contribution in [0.25, 0.3) is 0 Å². The molecule has 4 radical (unpaired) electrons. The first kappa shape index (κ1) is 24.7. The van der Waals surface area contributed by atoms with Crippen molar-refractivity contribution in [3.05, 3.63) is 0 Å². The molecular weight excluding hydrogens is 405 g/mol. The quantitative estimate of drug-likeness (QED) is 0.385. The standard InChI is InChI=1S/C16H29B2O8PS/c1-8(2)22-6-11-15(14(19)16(18)25-11)26-27(20,21)28-7-12-10(23-9(3)4)5-13(17)24-12/h8-16,19H,5-7H2,1-4H3,(H,20,21)/t10?,11-,12-,13-,14+,15?,16-/m1/s1. The molecule has 2 N–H and O–H groups in total. The van der Waals surface area contributed by atoms with Gasteiger partial charge in [-0.25, -0.2) is 4.57 Å². The van der Waals surface area contributed by atoms with E-state index in [2.05, 4.69) is 0 Å². The zero-order valence-corrected chi connectivity index (χ0v) is 18.4. The lowest BCUT2D eigenvalue weighted by atomic mass is 9.93. The highest BCUT2D eigenvalue weighted by molar-refractivity contribution is 8.54. The highest BCUT2D eigenvalue weighted by atomic mass is 32.7. The molecule has 0 saturated carbocycles. The monoisotopic (exact) mass is 434 g/mol. The van der Waals surface area contributed by atoms with E-state index in [-0.39, 0.29) is 30.7 Å². The van der Waals surface area contributed by atoms with Gasteiger partial charge in [-0.15, -0.1) is 0 Å².